The van der Waals surface area contributed by atoms with Crippen LogP contribution in [-0.2, 0) is 13.5 Å². The Morgan fingerprint density at radius 1 is 1.47 bits per heavy atom. The summed E-state index contributed by atoms with van der Waals surface area (Å²) in [5.74, 6) is 0. The summed E-state index contributed by atoms with van der Waals surface area (Å²) in [4.78, 5) is 0. The van der Waals surface area contributed by atoms with Crippen molar-refractivity contribution >= 4 is 33.2 Å². The van der Waals surface area contributed by atoms with Gasteiger partial charge in [-0.1, -0.05) is 11.6 Å². The Kier molecular flexibility index (Phi) is 4.07. The second-order valence-electron chi connectivity index (χ2n) is 3.83. The van der Waals surface area contributed by atoms with E-state index in [1.165, 1.54) is 5.56 Å². The summed E-state index contributed by atoms with van der Waals surface area (Å²) in [5.41, 5.74) is 2.29. The Bertz CT molecular complexity index is 510. The SMILES string of the molecule is Cn1cc(CCNc2ccc(Cl)c(Br)c2)cn1. The van der Waals surface area contributed by atoms with Gasteiger partial charge in [0, 0.05) is 29.9 Å². The Labute approximate surface area is 114 Å². The van der Waals surface area contributed by atoms with Crippen LogP contribution in [0.15, 0.2) is 35.1 Å². The predicted octanol–water partition coefficient (Wildman–Crippen LogP) is 3.49. The zero-order chi connectivity index (χ0) is 12.3. The van der Waals surface area contributed by atoms with Crippen molar-refractivity contribution in [3.63, 3.8) is 0 Å². The molecule has 2 rings (SSSR count). The van der Waals surface area contributed by atoms with Crippen LogP contribution in [0.2, 0.25) is 5.02 Å². The van der Waals surface area contributed by atoms with Gasteiger partial charge in [-0.2, -0.15) is 5.10 Å². The highest BCUT2D eigenvalue weighted by molar-refractivity contribution is 9.10. The van der Waals surface area contributed by atoms with E-state index in [1.54, 1.807) is 0 Å². The van der Waals surface area contributed by atoms with E-state index in [0.717, 1.165) is 28.1 Å². The number of halogens is 2. The van der Waals surface area contributed by atoms with E-state index in [4.69, 9.17) is 11.6 Å². The van der Waals surface area contributed by atoms with Crippen LogP contribution in [0.25, 0.3) is 0 Å². The fourth-order valence-corrected chi connectivity index (χ4v) is 2.05. The van der Waals surface area contributed by atoms with E-state index in [1.807, 2.05) is 42.3 Å². The van der Waals surface area contributed by atoms with E-state index in [0.29, 0.717) is 0 Å². The standard InChI is InChI=1S/C12H13BrClN3/c1-17-8-9(7-16-17)4-5-15-10-2-3-12(14)11(13)6-10/h2-3,6-8,15H,4-5H2,1H3. The second-order valence-corrected chi connectivity index (χ2v) is 5.09. The van der Waals surface area contributed by atoms with Gasteiger partial charge in [0.05, 0.1) is 11.2 Å². The van der Waals surface area contributed by atoms with Crippen LogP contribution in [0.3, 0.4) is 0 Å². The Hall–Kier alpha value is -1.00. The molecular formula is C12H13BrClN3. The van der Waals surface area contributed by atoms with Crippen molar-refractivity contribution < 1.29 is 0 Å². The third kappa shape index (κ3) is 3.48. The number of nitrogens with one attached hydrogen (secondary N) is 1. The van der Waals surface area contributed by atoms with Crippen molar-refractivity contribution in [2.45, 2.75) is 6.42 Å². The number of hydrogen-bond donors (Lipinski definition) is 1. The summed E-state index contributed by atoms with van der Waals surface area (Å²) in [6.45, 7) is 0.875. The van der Waals surface area contributed by atoms with Crippen LogP contribution >= 0.6 is 27.5 Å². The lowest BCUT2D eigenvalue weighted by Gasteiger charge is -2.06. The zero-order valence-electron chi connectivity index (χ0n) is 9.45. The maximum Gasteiger partial charge on any atom is 0.0549 e. The van der Waals surface area contributed by atoms with Crippen molar-refractivity contribution in [3.8, 4) is 0 Å². The fourth-order valence-electron chi connectivity index (χ4n) is 1.56. The molecule has 90 valence electrons. The summed E-state index contributed by atoms with van der Waals surface area (Å²) in [6.07, 6.45) is 4.87. The summed E-state index contributed by atoms with van der Waals surface area (Å²) < 4.78 is 2.72. The molecule has 0 aliphatic carbocycles. The molecule has 0 radical (unpaired) electrons. The van der Waals surface area contributed by atoms with E-state index in [9.17, 15) is 0 Å². The monoisotopic (exact) mass is 313 g/mol. The molecule has 5 heteroatoms. The number of aryl methyl sites for hydroxylation is 1. The third-order valence-electron chi connectivity index (χ3n) is 2.42. The molecule has 0 aliphatic heterocycles. The smallest absolute Gasteiger partial charge is 0.0549 e. The van der Waals surface area contributed by atoms with Crippen LogP contribution in [0.1, 0.15) is 5.56 Å². The Morgan fingerprint density at radius 3 is 2.94 bits per heavy atom. The van der Waals surface area contributed by atoms with Crippen molar-refractivity contribution in [2.75, 3.05) is 11.9 Å². The first kappa shape index (κ1) is 12.5. The van der Waals surface area contributed by atoms with E-state index < -0.39 is 0 Å². The molecule has 0 saturated carbocycles. The minimum atomic E-state index is 0.725. The molecule has 0 saturated heterocycles. The maximum absolute atomic E-state index is 5.93. The minimum Gasteiger partial charge on any atom is -0.385 e. The Morgan fingerprint density at radius 2 is 2.29 bits per heavy atom. The van der Waals surface area contributed by atoms with Crippen LogP contribution in [0, 0.1) is 0 Å². The van der Waals surface area contributed by atoms with Crippen molar-refractivity contribution in [3.05, 3.63) is 45.7 Å². The Balaban J connectivity index is 1.87. The number of anilines is 1. The van der Waals surface area contributed by atoms with Gasteiger partial charge in [0.2, 0.25) is 0 Å². The molecule has 17 heavy (non-hydrogen) atoms. The molecule has 0 fully saturated rings. The average molecular weight is 315 g/mol. The van der Waals surface area contributed by atoms with Gasteiger partial charge in [-0.25, -0.2) is 0 Å². The summed E-state index contributed by atoms with van der Waals surface area (Å²) in [7, 11) is 1.92. The van der Waals surface area contributed by atoms with Gasteiger partial charge in [-0.3, -0.25) is 4.68 Å². The predicted molar refractivity (Wildman–Crippen MR) is 74.6 cm³/mol. The zero-order valence-corrected chi connectivity index (χ0v) is 11.8. The quantitative estimate of drug-likeness (QED) is 0.936. The van der Waals surface area contributed by atoms with Crippen LogP contribution < -0.4 is 5.32 Å². The lowest BCUT2D eigenvalue weighted by molar-refractivity contribution is 0.767. The summed E-state index contributed by atoms with van der Waals surface area (Å²) >= 11 is 9.33. The number of benzene rings is 1. The van der Waals surface area contributed by atoms with Gasteiger partial charge in [0.1, 0.15) is 0 Å². The molecule has 0 spiro atoms. The normalized spacial score (nSPS) is 10.5. The van der Waals surface area contributed by atoms with Gasteiger partial charge >= 0.3 is 0 Å². The van der Waals surface area contributed by atoms with Crippen molar-refractivity contribution in [1.29, 1.82) is 0 Å². The molecule has 0 atom stereocenters. The highest BCUT2D eigenvalue weighted by Gasteiger charge is 1.99. The number of nitrogens with zero attached hydrogens (tertiary/aromatic N) is 2. The van der Waals surface area contributed by atoms with Gasteiger partial charge in [-0.05, 0) is 46.1 Å². The first-order valence-corrected chi connectivity index (χ1v) is 6.49. The van der Waals surface area contributed by atoms with Crippen LogP contribution in [0.4, 0.5) is 5.69 Å². The number of hydrogen-bond acceptors (Lipinski definition) is 2. The minimum absolute atomic E-state index is 0.725. The molecular weight excluding hydrogens is 302 g/mol. The molecule has 1 heterocycles. The first-order valence-electron chi connectivity index (χ1n) is 5.31. The molecule has 1 aromatic carbocycles. The van der Waals surface area contributed by atoms with Crippen LogP contribution in [0.5, 0.6) is 0 Å². The molecule has 0 amide bonds. The summed E-state index contributed by atoms with van der Waals surface area (Å²) in [6, 6.07) is 5.82. The fraction of sp³-hybridized carbons (Fsp3) is 0.250. The molecule has 2 aromatic rings. The maximum atomic E-state index is 5.93. The number of aromatic nitrogens is 2. The molecule has 3 nitrogen and oxygen atoms in total. The molecule has 1 N–H and O–H groups in total. The van der Waals surface area contributed by atoms with E-state index >= 15 is 0 Å². The van der Waals surface area contributed by atoms with Gasteiger partial charge in [0.15, 0.2) is 0 Å². The van der Waals surface area contributed by atoms with E-state index in [-0.39, 0.29) is 0 Å². The topological polar surface area (TPSA) is 29.9 Å². The average Bonchev–Trinajstić information content (AvgIpc) is 2.70. The first-order chi connectivity index (χ1) is 8.15. The molecule has 1 aromatic heterocycles. The molecule has 0 aliphatic rings. The van der Waals surface area contributed by atoms with Crippen LogP contribution in [-0.4, -0.2) is 16.3 Å². The van der Waals surface area contributed by atoms with E-state index in [2.05, 4.69) is 26.3 Å². The van der Waals surface area contributed by atoms with Gasteiger partial charge in [0.25, 0.3) is 0 Å². The second kappa shape index (κ2) is 5.56. The highest BCUT2D eigenvalue weighted by atomic mass is 79.9. The summed E-state index contributed by atoms with van der Waals surface area (Å²) in [5, 5.41) is 8.20. The lowest BCUT2D eigenvalue weighted by atomic mass is 10.2. The number of rotatable bonds is 4. The molecule has 0 unspecified atom stereocenters. The third-order valence-corrected chi connectivity index (χ3v) is 3.63. The highest BCUT2D eigenvalue weighted by Crippen LogP contribution is 2.25. The van der Waals surface area contributed by atoms with Crippen molar-refractivity contribution in [2.24, 2.45) is 7.05 Å². The van der Waals surface area contributed by atoms with Gasteiger partial charge < -0.3 is 5.32 Å². The molecule has 0 bridgehead atoms. The van der Waals surface area contributed by atoms with Gasteiger partial charge in [-0.15, -0.1) is 0 Å². The lowest BCUT2D eigenvalue weighted by Crippen LogP contribution is -2.04. The van der Waals surface area contributed by atoms with Crippen molar-refractivity contribution in [1.82, 2.24) is 9.78 Å². The largest absolute Gasteiger partial charge is 0.385 e.